The summed E-state index contributed by atoms with van der Waals surface area (Å²) in [5.74, 6) is 0.288. The van der Waals surface area contributed by atoms with Crippen LogP contribution in [0.5, 0.6) is 0 Å². The van der Waals surface area contributed by atoms with Crippen molar-refractivity contribution in [1.82, 2.24) is 4.90 Å². The van der Waals surface area contributed by atoms with Crippen molar-refractivity contribution in [2.75, 3.05) is 13.1 Å². The molecule has 2 atom stereocenters. The van der Waals surface area contributed by atoms with Crippen LogP contribution in [0.4, 0.5) is 0 Å². The Morgan fingerprint density at radius 1 is 1.50 bits per heavy atom. The van der Waals surface area contributed by atoms with Crippen LogP contribution in [0.3, 0.4) is 0 Å². The molecule has 0 aromatic carbocycles. The molecule has 1 aliphatic heterocycles. The van der Waals surface area contributed by atoms with Crippen LogP contribution < -0.4 is 0 Å². The maximum Gasteiger partial charge on any atom is 0.226 e. The molecule has 0 radical (unpaired) electrons. The summed E-state index contributed by atoms with van der Waals surface area (Å²) >= 11 is 0. The predicted octanol–water partition coefficient (Wildman–Crippen LogP) is 2.66. The lowest BCUT2D eigenvalue weighted by molar-refractivity contribution is -0.140. The zero-order valence-electron chi connectivity index (χ0n) is 12.7. The summed E-state index contributed by atoms with van der Waals surface area (Å²) < 4.78 is 0. The molecular formula is C16H22N2O2. The van der Waals surface area contributed by atoms with Crippen molar-refractivity contribution in [2.45, 2.75) is 40.5 Å². The van der Waals surface area contributed by atoms with E-state index in [1.54, 1.807) is 0 Å². The van der Waals surface area contributed by atoms with Crippen LogP contribution in [0, 0.1) is 23.3 Å². The molecule has 108 valence electrons. The van der Waals surface area contributed by atoms with Crippen molar-refractivity contribution >= 4 is 11.7 Å². The fourth-order valence-electron chi connectivity index (χ4n) is 3.93. The summed E-state index contributed by atoms with van der Waals surface area (Å²) in [7, 11) is 0. The van der Waals surface area contributed by atoms with E-state index in [0.717, 1.165) is 6.42 Å². The number of likely N-dealkylation sites (tertiary alicyclic amines) is 1. The first-order chi connectivity index (χ1) is 9.26. The number of allylic oxidation sites excluding steroid dienone is 1. The minimum absolute atomic E-state index is 0.0507. The van der Waals surface area contributed by atoms with Crippen LogP contribution >= 0.6 is 0 Å². The van der Waals surface area contributed by atoms with E-state index in [2.05, 4.69) is 11.8 Å². The maximum absolute atomic E-state index is 12.4. The van der Waals surface area contributed by atoms with Crippen LogP contribution in [-0.4, -0.2) is 29.7 Å². The molecule has 1 saturated heterocycles. The van der Waals surface area contributed by atoms with Gasteiger partial charge < -0.3 is 9.69 Å². The predicted molar refractivity (Wildman–Crippen MR) is 76.6 cm³/mol. The zero-order valence-corrected chi connectivity index (χ0v) is 12.7. The molecule has 4 nitrogen and oxygen atoms in total. The SMILES string of the molecule is [C-]#[N+]C1=C[C@@]2(C)CN(C(=O)CC)CC[C@@H]2C(C)(C)C1=O. The Kier molecular flexibility index (Phi) is 3.49. The molecule has 0 unspecified atom stereocenters. The summed E-state index contributed by atoms with van der Waals surface area (Å²) in [4.78, 5) is 29.6. The summed E-state index contributed by atoms with van der Waals surface area (Å²) in [5, 5.41) is 0. The van der Waals surface area contributed by atoms with Gasteiger partial charge >= 0.3 is 0 Å². The standard InChI is InChI=1S/C16H22N2O2/c1-6-13(19)18-8-7-12-15(2,3)14(20)11(17-5)9-16(12,4)10-18/h9,12H,6-8,10H2,1-4H3/t12-,16+/m1/s1. The van der Waals surface area contributed by atoms with Gasteiger partial charge in [-0.1, -0.05) is 33.8 Å². The normalized spacial score (nSPS) is 32.1. The van der Waals surface area contributed by atoms with Gasteiger partial charge in [0.1, 0.15) is 0 Å². The second-order valence-electron chi connectivity index (χ2n) is 6.71. The van der Waals surface area contributed by atoms with Crippen LogP contribution in [-0.2, 0) is 9.59 Å². The van der Waals surface area contributed by atoms with E-state index >= 15 is 0 Å². The van der Waals surface area contributed by atoms with Gasteiger partial charge in [-0.25, -0.2) is 4.85 Å². The second kappa shape index (κ2) is 4.73. The second-order valence-corrected chi connectivity index (χ2v) is 6.71. The molecule has 1 aliphatic carbocycles. The fraction of sp³-hybridized carbons (Fsp3) is 0.688. The van der Waals surface area contributed by atoms with Crippen molar-refractivity contribution in [3.8, 4) is 0 Å². The number of piperidine rings is 1. The highest BCUT2D eigenvalue weighted by Crippen LogP contribution is 2.52. The molecule has 20 heavy (non-hydrogen) atoms. The Morgan fingerprint density at radius 2 is 2.15 bits per heavy atom. The first-order valence-electron chi connectivity index (χ1n) is 7.19. The number of hydrogen-bond acceptors (Lipinski definition) is 2. The maximum atomic E-state index is 12.4. The van der Waals surface area contributed by atoms with Gasteiger partial charge in [-0.05, 0) is 17.8 Å². The molecule has 0 N–H and O–H groups in total. The average Bonchev–Trinajstić information content (AvgIpc) is 2.41. The van der Waals surface area contributed by atoms with Gasteiger partial charge in [-0.15, -0.1) is 0 Å². The lowest BCUT2D eigenvalue weighted by Crippen LogP contribution is -2.56. The average molecular weight is 274 g/mol. The number of fused-ring (bicyclic) bond motifs is 1. The number of hydrogen-bond donors (Lipinski definition) is 0. The zero-order chi connectivity index (χ0) is 15.1. The van der Waals surface area contributed by atoms with Gasteiger partial charge in [0.15, 0.2) is 5.78 Å². The number of rotatable bonds is 1. The topological polar surface area (TPSA) is 41.7 Å². The van der Waals surface area contributed by atoms with Crippen LogP contribution in [0.25, 0.3) is 4.85 Å². The molecule has 1 heterocycles. The highest BCUT2D eigenvalue weighted by Gasteiger charge is 2.53. The third-order valence-electron chi connectivity index (χ3n) is 4.95. The molecule has 4 heteroatoms. The van der Waals surface area contributed by atoms with E-state index in [9.17, 15) is 9.59 Å². The summed E-state index contributed by atoms with van der Waals surface area (Å²) in [6, 6.07) is 0. The van der Waals surface area contributed by atoms with Gasteiger partial charge in [0, 0.05) is 24.9 Å². The molecule has 1 amide bonds. The molecule has 0 aromatic rings. The van der Waals surface area contributed by atoms with E-state index in [4.69, 9.17) is 6.57 Å². The molecule has 2 aliphatic rings. The lowest BCUT2D eigenvalue weighted by Gasteiger charge is -2.53. The largest absolute Gasteiger partial charge is 0.342 e. The van der Waals surface area contributed by atoms with E-state index < -0.39 is 5.41 Å². The van der Waals surface area contributed by atoms with Crippen molar-refractivity contribution in [2.24, 2.45) is 16.7 Å². The van der Waals surface area contributed by atoms with Gasteiger partial charge in [0.2, 0.25) is 11.6 Å². The van der Waals surface area contributed by atoms with Gasteiger partial charge in [0.25, 0.3) is 0 Å². The minimum atomic E-state index is -0.523. The third kappa shape index (κ3) is 2.06. The van der Waals surface area contributed by atoms with E-state index in [-0.39, 0.29) is 28.7 Å². The first kappa shape index (κ1) is 14.8. The third-order valence-corrected chi connectivity index (χ3v) is 4.95. The Labute approximate surface area is 120 Å². The quantitative estimate of drug-likeness (QED) is 0.690. The fourth-order valence-corrected chi connectivity index (χ4v) is 3.93. The van der Waals surface area contributed by atoms with Crippen LogP contribution in [0.15, 0.2) is 11.8 Å². The first-order valence-corrected chi connectivity index (χ1v) is 7.19. The number of Topliss-reactive ketones (excluding diaryl/α,β-unsaturated/α-hetero) is 1. The number of nitrogens with zero attached hydrogens (tertiary/aromatic N) is 2. The van der Waals surface area contributed by atoms with Gasteiger partial charge in [0.05, 0.1) is 6.57 Å². The number of carbonyl (C=O) groups excluding carboxylic acids is 2. The van der Waals surface area contributed by atoms with Gasteiger partial charge in [-0.3, -0.25) is 4.79 Å². The Hall–Kier alpha value is -1.63. The van der Waals surface area contributed by atoms with E-state index in [1.807, 2.05) is 31.7 Å². The minimum Gasteiger partial charge on any atom is -0.342 e. The smallest absolute Gasteiger partial charge is 0.226 e. The van der Waals surface area contributed by atoms with Crippen molar-refractivity contribution in [1.29, 1.82) is 0 Å². The van der Waals surface area contributed by atoms with E-state index in [0.29, 0.717) is 19.5 Å². The number of amides is 1. The van der Waals surface area contributed by atoms with Crippen LogP contribution in [0.1, 0.15) is 40.5 Å². The lowest BCUT2D eigenvalue weighted by atomic mass is 9.55. The molecule has 0 spiro atoms. The Balaban J connectivity index is 2.42. The summed E-state index contributed by atoms with van der Waals surface area (Å²) in [5.41, 5.74) is -0.565. The van der Waals surface area contributed by atoms with Gasteiger partial charge in [-0.2, -0.15) is 0 Å². The highest BCUT2D eigenvalue weighted by atomic mass is 16.2. The molecule has 0 aromatic heterocycles. The number of carbonyl (C=O) groups is 2. The monoisotopic (exact) mass is 274 g/mol. The Bertz CT molecular complexity index is 527. The highest BCUT2D eigenvalue weighted by molar-refractivity contribution is 6.02. The molecular weight excluding hydrogens is 252 g/mol. The van der Waals surface area contributed by atoms with Crippen molar-refractivity contribution in [3.05, 3.63) is 23.2 Å². The molecule has 1 fully saturated rings. The molecule has 2 rings (SSSR count). The molecule has 0 bridgehead atoms. The number of ketones is 1. The van der Waals surface area contributed by atoms with Crippen molar-refractivity contribution < 1.29 is 9.59 Å². The summed E-state index contributed by atoms with van der Waals surface area (Å²) in [6.07, 6.45) is 3.14. The van der Waals surface area contributed by atoms with Crippen molar-refractivity contribution in [3.63, 3.8) is 0 Å². The van der Waals surface area contributed by atoms with E-state index in [1.165, 1.54) is 0 Å². The molecule has 0 saturated carbocycles. The Morgan fingerprint density at radius 3 is 2.70 bits per heavy atom. The van der Waals surface area contributed by atoms with Crippen LogP contribution in [0.2, 0.25) is 0 Å². The summed E-state index contributed by atoms with van der Waals surface area (Å²) in [6.45, 7) is 16.4.